The lowest BCUT2D eigenvalue weighted by Gasteiger charge is -2.28. The molecule has 0 aromatic rings. The molecule has 7 heteroatoms. The fraction of sp³-hybridized carbons (Fsp3) is 0.857. The molecule has 0 aromatic carbocycles. The number of amides is 2. The lowest BCUT2D eigenvalue weighted by atomic mass is 9.86. The summed E-state index contributed by atoms with van der Waals surface area (Å²) in [4.78, 5) is 25.1. The number of carboxylic acids is 1. The van der Waals surface area contributed by atoms with Gasteiger partial charge in [-0.15, -0.1) is 0 Å². The summed E-state index contributed by atoms with van der Waals surface area (Å²) >= 11 is 0. The molecule has 120 valence electrons. The van der Waals surface area contributed by atoms with Crippen LogP contribution in [0.15, 0.2) is 0 Å². The first-order valence-corrected chi connectivity index (χ1v) is 7.72. The number of urea groups is 1. The smallest absolute Gasteiger partial charge is 0.315 e. The molecule has 2 fully saturated rings. The van der Waals surface area contributed by atoms with E-state index in [0.29, 0.717) is 19.4 Å². The normalized spacial score (nSPS) is 27.0. The number of hydrogen-bond acceptors (Lipinski definition) is 4. The highest BCUT2D eigenvalue weighted by molar-refractivity contribution is 5.74. The zero-order valence-corrected chi connectivity index (χ0v) is 12.3. The van der Waals surface area contributed by atoms with E-state index in [9.17, 15) is 9.59 Å². The molecule has 0 radical (unpaired) electrons. The number of morpholine rings is 1. The van der Waals surface area contributed by atoms with Crippen molar-refractivity contribution in [2.24, 2.45) is 5.92 Å². The van der Waals surface area contributed by atoms with Gasteiger partial charge in [0.25, 0.3) is 0 Å². The predicted molar refractivity (Wildman–Crippen MR) is 77.2 cm³/mol. The Morgan fingerprint density at radius 2 is 2.00 bits per heavy atom. The average Bonchev–Trinajstić information content (AvgIpc) is 2.48. The lowest BCUT2D eigenvalue weighted by molar-refractivity contribution is -0.143. The van der Waals surface area contributed by atoms with Gasteiger partial charge in [-0.3, -0.25) is 9.69 Å². The fourth-order valence-electron chi connectivity index (χ4n) is 2.93. The van der Waals surface area contributed by atoms with Gasteiger partial charge in [0, 0.05) is 32.2 Å². The molecule has 2 unspecified atom stereocenters. The van der Waals surface area contributed by atoms with Crippen LogP contribution < -0.4 is 10.6 Å². The topological polar surface area (TPSA) is 90.9 Å². The number of carbonyl (C=O) groups is 2. The minimum atomic E-state index is -0.755. The number of carbonyl (C=O) groups excluding carboxylic acids is 1. The van der Waals surface area contributed by atoms with Crippen molar-refractivity contribution in [3.05, 3.63) is 0 Å². The van der Waals surface area contributed by atoms with Gasteiger partial charge in [-0.1, -0.05) is 6.42 Å². The first kappa shape index (κ1) is 16.0. The summed E-state index contributed by atoms with van der Waals surface area (Å²) < 4.78 is 5.27. The molecule has 2 atom stereocenters. The van der Waals surface area contributed by atoms with Crippen molar-refractivity contribution >= 4 is 12.0 Å². The van der Waals surface area contributed by atoms with Crippen LogP contribution in [0.25, 0.3) is 0 Å². The highest BCUT2D eigenvalue weighted by atomic mass is 16.5. The molecule has 2 rings (SSSR count). The van der Waals surface area contributed by atoms with E-state index in [1.807, 2.05) is 0 Å². The number of nitrogens with zero attached hydrogens (tertiary/aromatic N) is 1. The summed E-state index contributed by atoms with van der Waals surface area (Å²) in [5, 5.41) is 14.8. The van der Waals surface area contributed by atoms with E-state index in [4.69, 9.17) is 9.84 Å². The molecule has 1 heterocycles. The lowest BCUT2D eigenvalue weighted by Crippen LogP contribution is -2.47. The fourth-order valence-corrected chi connectivity index (χ4v) is 2.93. The minimum absolute atomic E-state index is 0.0248. The van der Waals surface area contributed by atoms with E-state index < -0.39 is 5.97 Å². The van der Waals surface area contributed by atoms with Crippen LogP contribution in [0.4, 0.5) is 4.79 Å². The summed E-state index contributed by atoms with van der Waals surface area (Å²) in [6.07, 6.45) is 2.97. The Morgan fingerprint density at radius 1 is 1.24 bits per heavy atom. The zero-order valence-electron chi connectivity index (χ0n) is 12.3. The van der Waals surface area contributed by atoms with Crippen LogP contribution in [-0.4, -0.2) is 67.4 Å². The van der Waals surface area contributed by atoms with Gasteiger partial charge in [0.15, 0.2) is 0 Å². The van der Waals surface area contributed by atoms with E-state index in [1.54, 1.807) is 0 Å². The van der Waals surface area contributed by atoms with Crippen LogP contribution >= 0.6 is 0 Å². The van der Waals surface area contributed by atoms with E-state index >= 15 is 0 Å². The van der Waals surface area contributed by atoms with E-state index in [-0.39, 0.29) is 18.0 Å². The molecule has 21 heavy (non-hydrogen) atoms. The predicted octanol–water partition coefficient (Wildman–Crippen LogP) is 0.261. The molecule has 0 bridgehead atoms. The molecule has 1 aliphatic carbocycles. The average molecular weight is 299 g/mol. The maximum Gasteiger partial charge on any atom is 0.315 e. The Kier molecular flexibility index (Phi) is 6.25. The monoisotopic (exact) mass is 299 g/mol. The van der Waals surface area contributed by atoms with E-state index in [2.05, 4.69) is 15.5 Å². The summed E-state index contributed by atoms with van der Waals surface area (Å²) in [5.41, 5.74) is 0. The number of ether oxygens (including phenoxy) is 1. The number of nitrogens with one attached hydrogen (secondary N) is 2. The van der Waals surface area contributed by atoms with Crippen LogP contribution in [0.1, 0.15) is 25.7 Å². The second-order valence-corrected chi connectivity index (χ2v) is 5.75. The third-order valence-electron chi connectivity index (χ3n) is 4.18. The first-order chi connectivity index (χ1) is 10.1. The van der Waals surface area contributed by atoms with Crippen LogP contribution in [0.2, 0.25) is 0 Å². The van der Waals surface area contributed by atoms with Crippen molar-refractivity contribution in [3.8, 4) is 0 Å². The molecule has 3 N–H and O–H groups in total. The van der Waals surface area contributed by atoms with Crippen molar-refractivity contribution in [2.45, 2.75) is 31.7 Å². The Hall–Kier alpha value is -1.34. The third kappa shape index (κ3) is 5.51. The van der Waals surface area contributed by atoms with Gasteiger partial charge in [0.05, 0.1) is 19.1 Å². The molecule has 0 spiro atoms. The molecule has 2 amide bonds. The molecule has 7 nitrogen and oxygen atoms in total. The molecule has 0 aromatic heterocycles. The van der Waals surface area contributed by atoms with Gasteiger partial charge in [-0.05, 0) is 19.3 Å². The highest BCUT2D eigenvalue weighted by Gasteiger charge is 2.27. The van der Waals surface area contributed by atoms with Gasteiger partial charge in [-0.25, -0.2) is 4.79 Å². The maximum absolute atomic E-state index is 11.8. The molecule has 1 saturated heterocycles. The summed E-state index contributed by atoms with van der Waals surface area (Å²) in [6, 6.07) is -0.220. The summed E-state index contributed by atoms with van der Waals surface area (Å²) in [6.45, 7) is 4.74. The SMILES string of the molecule is O=C(NCCN1CCOCC1)NC1CCCC(C(=O)O)C1. The molecule has 1 aliphatic heterocycles. The maximum atomic E-state index is 11.8. The van der Waals surface area contributed by atoms with Crippen molar-refractivity contribution in [3.63, 3.8) is 0 Å². The highest BCUT2D eigenvalue weighted by Crippen LogP contribution is 2.24. The van der Waals surface area contributed by atoms with Crippen LogP contribution in [0, 0.1) is 5.92 Å². The van der Waals surface area contributed by atoms with Crippen molar-refractivity contribution in [2.75, 3.05) is 39.4 Å². The minimum Gasteiger partial charge on any atom is -0.481 e. The largest absolute Gasteiger partial charge is 0.481 e. The van der Waals surface area contributed by atoms with Crippen LogP contribution in [0.3, 0.4) is 0 Å². The molecular formula is C14H25N3O4. The second kappa shape index (κ2) is 8.19. The van der Waals surface area contributed by atoms with Crippen LogP contribution in [0.5, 0.6) is 0 Å². The Bertz CT molecular complexity index is 358. The van der Waals surface area contributed by atoms with Crippen molar-refractivity contribution < 1.29 is 19.4 Å². The van der Waals surface area contributed by atoms with Gasteiger partial charge in [0.2, 0.25) is 0 Å². The summed E-state index contributed by atoms with van der Waals surface area (Å²) in [7, 11) is 0. The van der Waals surface area contributed by atoms with Crippen molar-refractivity contribution in [1.29, 1.82) is 0 Å². The van der Waals surface area contributed by atoms with Gasteiger partial charge < -0.3 is 20.5 Å². The number of carboxylic acid groups (broad SMARTS) is 1. The van der Waals surface area contributed by atoms with Crippen LogP contribution in [-0.2, 0) is 9.53 Å². The second-order valence-electron chi connectivity index (χ2n) is 5.75. The molecule has 1 saturated carbocycles. The number of hydrogen-bond donors (Lipinski definition) is 3. The number of aliphatic carboxylic acids is 1. The van der Waals surface area contributed by atoms with E-state index in [0.717, 1.165) is 45.7 Å². The van der Waals surface area contributed by atoms with E-state index in [1.165, 1.54) is 0 Å². The first-order valence-electron chi connectivity index (χ1n) is 7.72. The third-order valence-corrected chi connectivity index (χ3v) is 4.18. The van der Waals surface area contributed by atoms with Gasteiger partial charge in [0.1, 0.15) is 0 Å². The Morgan fingerprint density at radius 3 is 2.71 bits per heavy atom. The summed E-state index contributed by atoms with van der Waals surface area (Å²) in [5.74, 6) is -1.08. The Labute approximate surface area is 125 Å². The molecular weight excluding hydrogens is 274 g/mol. The van der Waals surface area contributed by atoms with Gasteiger partial charge >= 0.3 is 12.0 Å². The zero-order chi connectivity index (χ0) is 15.1. The Balaban J connectivity index is 1.61. The quantitative estimate of drug-likeness (QED) is 0.677. The van der Waals surface area contributed by atoms with Crippen molar-refractivity contribution in [1.82, 2.24) is 15.5 Å². The number of rotatable bonds is 5. The standard InChI is InChI=1S/C14H25N3O4/c18-13(19)11-2-1-3-12(10-11)16-14(20)15-4-5-17-6-8-21-9-7-17/h11-12H,1-10H2,(H,18,19)(H2,15,16,20). The van der Waals surface area contributed by atoms with Gasteiger partial charge in [-0.2, -0.15) is 0 Å². The molecule has 2 aliphatic rings.